The molecule has 0 N–H and O–H groups in total. The Hall–Kier alpha value is -2.30. The molecule has 1 amide bonds. The van der Waals surface area contributed by atoms with Crippen molar-refractivity contribution in [2.45, 2.75) is 19.0 Å². The standard InChI is InChI=1S/C15H17F3N4O/c1-21(13-5-4-11(7-19)8-20-13)10-14(23)22-6-2-3-12(9-22)15(16,17)18/h4-5,8,12H,2-3,6,9-10H2,1H3/t12-/m1/s1. The number of likely N-dealkylation sites (N-methyl/N-ethyl adjacent to an activating group) is 1. The van der Waals surface area contributed by atoms with Crippen molar-refractivity contribution in [2.24, 2.45) is 5.92 Å². The minimum atomic E-state index is -4.26. The number of anilines is 1. The highest BCUT2D eigenvalue weighted by atomic mass is 19.4. The van der Waals surface area contributed by atoms with E-state index in [0.717, 1.165) is 0 Å². The maximum Gasteiger partial charge on any atom is 0.393 e. The van der Waals surface area contributed by atoms with Gasteiger partial charge in [-0.15, -0.1) is 0 Å². The van der Waals surface area contributed by atoms with Gasteiger partial charge in [0.25, 0.3) is 0 Å². The molecule has 0 radical (unpaired) electrons. The third kappa shape index (κ3) is 4.34. The van der Waals surface area contributed by atoms with E-state index < -0.39 is 12.1 Å². The Labute approximate surface area is 132 Å². The molecule has 1 aliphatic heterocycles. The van der Waals surface area contributed by atoms with Crippen LogP contribution in [0.4, 0.5) is 19.0 Å². The van der Waals surface area contributed by atoms with Crippen LogP contribution in [0.3, 0.4) is 0 Å². The molecule has 2 heterocycles. The first-order chi connectivity index (χ1) is 10.8. The number of piperidine rings is 1. The monoisotopic (exact) mass is 326 g/mol. The van der Waals surface area contributed by atoms with E-state index in [2.05, 4.69) is 4.98 Å². The molecule has 0 bridgehead atoms. The predicted molar refractivity (Wildman–Crippen MR) is 77.6 cm³/mol. The highest BCUT2D eigenvalue weighted by molar-refractivity contribution is 5.81. The number of hydrogen-bond donors (Lipinski definition) is 0. The molecule has 8 heteroatoms. The van der Waals surface area contributed by atoms with Gasteiger partial charge in [0.05, 0.1) is 18.0 Å². The fraction of sp³-hybridized carbons (Fsp3) is 0.533. The molecule has 1 saturated heterocycles. The van der Waals surface area contributed by atoms with Gasteiger partial charge in [0.2, 0.25) is 5.91 Å². The summed E-state index contributed by atoms with van der Waals surface area (Å²) in [6, 6.07) is 5.11. The lowest BCUT2D eigenvalue weighted by atomic mass is 9.97. The van der Waals surface area contributed by atoms with Crippen molar-refractivity contribution >= 4 is 11.7 Å². The van der Waals surface area contributed by atoms with Gasteiger partial charge in [-0.1, -0.05) is 0 Å². The van der Waals surface area contributed by atoms with Crippen LogP contribution in [0, 0.1) is 17.2 Å². The lowest BCUT2D eigenvalue weighted by Gasteiger charge is -2.34. The minimum Gasteiger partial charge on any atom is -0.350 e. The summed E-state index contributed by atoms with van der Waals surface area (Å²) in [6.45, 7) is 0.0144. The van der Waals surface area contributed by atoms with Gasteiger partial charge in [0.15, 0.2) is 0 Å². The third-order valence-corrected chi connectivity index (χ3v) is 3.88. The molecule has 23 heavy (non-hydrogen) atoms. The van der Waals surface area contributed by atoms with Gasteiger partial charge >= 0.3 is 6.18 Å². The molecule has 124 valence electrons. The number of halogens is 3. The zero-order valence-electron chi connectivity index (χ0n) is 12.7. The van der Waals surface area contributed by atoms with Gasteiger partial charge in [-0.05, 0) is 25.0 Å². The zero-order chi connectivity index (χ0) is 17.0. The summed E-state index contributed by atoms with van der Waals surface area (Å²) >= 11 is 0. The van der Waals surface area contributed by atoms with E-state index in [-0.39, 0.29) is 25.4 Å². The van der Waals surface area contributed by atoms with Crippen LogP contribution < -0.4 is 4.90 Å². The summed E-state index contributed by atoms with van der Waals surface area (Å²) in [5.41, 5.74) is 0.400. The highest BCUT2D eigenvalue weighted by Gasteiger charge is 2.42. The van der Waals surface area contributed by atoms with Gasteiger partial charge in [-0.3, -0.25) is 4.79 Å². The molecule has 1 aromatic rings. The first-order valence-corrected chi connectivity index (χ1v) is 7.23. The quantitative estimate of drug-likeness (QED) is 0.854. The fourth-order valence-corrected chi connectivity index (χ4v) is 2.53. The summed E-state index contributed by atoms with van der Waals surface area (Å²) in [4.78, 5) is 19.1. The number of carbonyl (C=O) groups excluding carboxylic acids is 1. The minimum absolute atomic E-state index is 0.0521. The first kappa shape index (κ1) is 17.1. The molecule has 1 aromatic heterocycles. The lowest BCUT2D eigenvalue weighted by molar-refractivity contribution is -0.187. The Kier molecular flexibility index (Phi) is 5.08. The van der Waals surface area contributed by atoms with Crippen LogP contribution in [0.5, 0.6) is 0 Å². The van der Waals surface area contributed by atoms with Crippen molar-refractivity contribution in [1.82, 2.24) is 9.88 Å². The molecule has 0 saturated carbocycles. The molecule has 1 fully saturated rings. The molecule has 0 spiro atoms. The largest absolute Gasteiger partial charge is 0.393 e. The topological polar surface area (TPSA) is 60.2 Å². The SMILES string of the molecule is CN(CC(=O)N1CCC[C@@H](C(F)(F)F)C1)c1ccc(C#N)cn1. The number of pyridine rings is 1. The molecule has 0 aliphatic carbocycles. The average Bonchev–Trinajstić information content (AvgIpc) is 2.54. The van der Waals surface area contributed by atoms with E-state index in [0.29, 0.717) is 24.3 Å². The number of aromatic nitrogens is 1. The summed E-state index contributed by atoms with van der Waals surface area (Å²) in [6.07, 6.45) is -2.45. The number of amides is 1. The molecular formula is C15H17F3N4O. The van der Waals surface area contributed by atoms with Gasteiger partial charge in [0.1, 0.15) is 11.9 Å². The zero-order valence-corrected chi connectivity index (χ0v) is 12.7. The average molecular weight is 326 g/mol. The second kappa shape index (κ2) is 6.86. The van der Waals surface area contributed by atoms with Crippen molar-refractivity contribution < 1.29 is 18.0 Å². The highest BCUT2D eigenvalue weighted by Crippen LogP contribution is 2.33. The smallest absolute Gasteiger partial charge is 0.350 e. The molecular weight excluding hydrogens is 309 g/mol. The van der Waals surface area contributed by atoms with E-state index in [1.165, 1.54) is 11.1 Å². The number of alkyl halides is 3. The van der Waals surface area contributed by atoms with Crippen molar-refractivity contribution in [3.05, 3.63) is 23.9 Å². The Bertz CT molecular complexity index is 594. The number of nitrogens with zero attached hydrogens (tertiary/aromatic N) is 4. The maximum absolute atomic E-state index is 12.8. The summed E-state index contributed by atoms with van der Waals surface area (Å²) in [5, 5.41) is 8.72. The van der Waals surface area contributed by atoms with Crippen LogP contribution in [-0.2, 0) is 4.79 Å². The first-order valence-electron chi connectivity index (χ1n) is 7.23. The van der Waals surface area contributed by atoms with Crippen molar-refractivity contribution in [1.29, 1.82) is 5.26 Å². The Morgan fingerprint density at radius 1 is 1.52 bits per heavy atom. The molecule has 1 aliphatic rings. The lowest BCUT2D eigenvalue weighted by Crippen LogP contribution is -2.47. The van der Waals surface area contributed by atoms with Crippen molar-refractivity contribution in [3.8, 4) is 6.07 Å². The summed E-state index contributed by atoms with van der Waals surface area (Å²) < 4.78 is 38.4. The Morgan fingerprint density at radius 3 is 2.83 bits per heavy atom. The fourth-order valence-electron chi connectivity index (χ4n) is 2.53. The van der Waals surface area contributed by atoms with Gasteiger partial charge in [0, 0.05) is 26.3 Å². The van der Waals surface area contributed by atoms with E-state index in [9.17, 15) is 18.0 Å². The maximum atomic E-state index is 12.8. The van der Waals surface area contributed by atoms with Crippen LogP contribution in [-0.4, -0.2) is 48.6 Å². The van der Waals surface area contributed by atoms with E-state index in [1.807, 2.05) is 6.07 Å². The number of carbonyl (C=O) groups is 1. The normalized spacial score (nSPS) is 18.4. The van der Waals surface area contributed by atoms with Crippen LogP contribution in [0.1, 0.15) is 18.4 Å². The van der Waals surface area contributed by atoms with Gasteiger partial charge < -0.3 is 9.80 Å². The van der Waals surface area contributed by atoms with Crippen molar-refractivity contribution in [3.63, 3.8) is 0 Å². The molecule has 1 atom stereocenters. The number of likely N-dealkylation sites (tertiary alicyclic amines) is 1. The third-order valence-electron chi connectivity index (χ3n) is 3.88. The number of hydrogen-bond acceptors (Lipinski definition) is 4. The molecule has 5 nitrogen and oxygen atoms in total. The summed E-state index contributed by atoms with van der Waals surface area (Å²) in [7, 11) is 1.64. The molecule has 0 unspecified atom stereocenters. The second-order valence-corrected chi connectivity index (χ2v) is 5.59. The number of nitriles is 1. The summed E-state index contributed by atoms with van der Waals surface area (Å²) in [5.74, 6) is -1.31. The van der Waals surface area contributed by atoms with Crippen LogP contribution in [0.2, 0.25) is 0 Å². The van der Waals surface area contributed by atoms with Gasteiger partial charge in [-0.25, -0.2) is 4.98 Å². The molecule has 2 rings (SSSR count). The predicted octanol–water partition coefficient (Wildman–Crippen LogP) is 2.19. The van der Waals surface area contributed by atoms with Gasteiger partial charge in [-0.2, -0.15) is 18.4 Å². The van der Waals surface area contributed by atoms with E-state index in [4.69, 9.17) is 5.26 Å². The van der Waals surface area contributed by atoms with E-state index in [1.54, 1.807) is 24.1 Å². The Morgan fingerprint density at radius 2 is 2.26 bits per heavy atom. The Balaban J connectivity index is 1.96. The van der Waals surface area contributed by atoms with Crippen LogP contribution >= 0.6 is 0 Å². The second-order valence-electron chi connectivity index (χ2n) is 5.59. The molecule has 0 aromatic carbocycles. The van der Waals surface area contributed by atoms with Crippen LogP contribution in [0.25, 0.3) is 0 Å². The number of rotatable bonds is 3. The van der Waals surface area contributed by atoms with E-state index >= 15 is 0 Å². The van der Waals surface area contributed by atoms with Crippen LogP contribution in [0.15, 0.2) is 18.3 Å². The van der Waals surface area contributed by atoms with Crippen molar-refractivity contribution in [2.75, 3.05) is 31.6 Å².